The molecule has 0 radical (unpaired) electrons. The van der Waals surface area contributed by atoms with E-state index >= 15 is 0 Å². The van der Waals surface area contributed by atoms with Crippen molar-refractivity contribution in [3.8, 4) is 0 Å². The molecule has 1 fully saturated rings. The lowest BCUT2D eigenvalue weighted by atomic mass is 9.98. The smallest absolute Gasteiger partial charge is 0.256 e. The molecule has 0 bridgehead atoms. The van der Waals surface area contributed by atoms with E-state index in [2.05, 4.69) is 6.92 Å². The van der Waals surface area contributed by atoms with E-state index in [0.29, 0.717) is 24.6 Å². The van der Waals surface area contributed by atoms with Gasteiger partial charge in [-0.05, 0) is 36.5 Å². The Morgan fingerprint density at radius 2 is 1.89 bits per heavy atom. The van der Waals surface area contributed by atoms with Crippen LogP contribution in [0.3, 0.4) is 0 Å². The molecule has 1 unspecified atom stereocenters. The summed E-state index contributed by atoms with van der Waals surface area (Å²) in [4.78, 5) is 13.8. The molecule has 0 spiro atoms. The van der Waals surface area contributed by atoms with Crippen LogP contribution in [0.1, 0.15) is 31.4 Å². The zero-order valence-corrected chi connectivity index (χ0v) is 10.5. The van der Waals surface area contributed by atoms with Gasteiger partial charge in [0.05, 0.1) is 0 Å². The van der Waals surface area contributed by atoms with Gasteiger partial charge in [-0.2, -0.15) is 0 Å². The summed E-state index contributed by atoms with van der Waals surface area (Å²) in [5.41, 5.74) is 0.444. The predicted octanol–water partition coefficient (Wildman–Crippen LogP) is 2.12. The number of nitrogens with zero attached hydrogens (tertiary/aromatic N) is 1. The molecule has 0 aromatic heterocycles. The number of likely N-dealkylation sites (tertiary alicyclic amines) is 1. The average molecular weight is 251 g/mol. The zero-order chi connectivity index (χ0) is 13.1. The quantitative estimate of drug-likeness (QED) is 0.874. The highest BCUT2D eigenvalue weighted by Gasteiger charge is 2.26. The Kier molecular flexibility index (Phi) is 3.97. The number of aliphatic hydroxyl groups excluding tert-OH is 1. The van der Waals surface area contributed by atoms with E-state index in [1.54, 1.807) is 4.90 Å². The number of rotatable bonds is 2. The number of benzene rings is 1. The molecule has 4 heteroatoms. The van der Waals surface area contributed by atoms with Crippen LogP contribution in [-0.4, -0.2) is 29.0 Å². The number of carbonyl (C=O) groups excluding carboxylic acids is 1. The minimum atomic E-state index is -1.18. The summed E-state index contributed by atoms with van der Waals surface area (Å²) in [6.45, 7) is 3.55. The minimum absolute atomic E-state index is 0.284. The van der Waals surface area contributed by atoms with Gasteiger partial charge in [0, 0.05) is 13.1 Å². The number of hydrogen-bond acceptors (Lipinski definition) is 2. The van der Waals surface area contributed by atoms with Crippen LogP contribution in [0.5, 0.6) is 0 Å². The van der Waals surface area contributed by atoms with Gasteiger partial charge in [-0.25, -0.2) is 4.39 Å². The van der Waals surface area contributed by atoms with E-state index in [1.807, 2.05) is 0 Å². The summed E-state index contributed by atoms with van der Waals surface area (Å²) in [6, 6.07) is 5.41. The first-order valence-electron chi connectivity index (χ1n) is 6.30. The van der Waals surface area contributed by atoms with Crippen LogP contribution >= 0.6 is 0 Å². The average Bonchev–Trinajstić information content (AvgIpc) is 2.39. The van der Waals surface area contributed by atoms with Gasteiger partial charge in [-0.1, -0.05) is 19.1 Å². The molecule has 1 atom stereocenters. The molecule has 1 aliphatic heterocycles. The number of carbonyl (C=O) groups is 1. The van der Waals surface area contributed by atoms with Gasteiger partial charge in [0.2, 0.25) is 0 Å². The van der Waals surface area contributed by atoms with Gasteiger partial charge in [0.15, 0.2) is 6.10 Å². The second kappa shape index (κ2) is 5.48. The summed E-state index contributed by atoms with van der Waals surface area (Å²) < 4.78 is 12.8. The number of hydrogen-bond donors (Lipinski definition) is 1. The van der Waals surface area contributed by atoms with Crippen molar-refractivity contribution in [3.63, 3.8) is 0 Å². The van der Waals surface area contributed by atoms with E-state index in [-0.39, 0.29) is 11.7 Å². The third-order valence-electron chi connectivity index (χ3n) is 3.51. The highest BCUT2D eigenvalue weighted by Crippen LogP contribution is 2.21. The Labute approximate surface area is 106 Å². The van der Waals surface area contributed by atoms with Crippen LogP contribution in [0.4, 0.5) is 4.39 Å². The van der Waals surface area contributed by atoms with Gasteiger partial charge >= 0.3 is 0 Å². The number of aliphatic hydroxyl groups is 1. The molecule has 1 saturated heterocycles. The maximum atomic E-state index is 12.8. The van der Waals surface area contributed by atoms with Crippen molar-refractivity contribution in [1.82, 2.24) is 4.90 Å². The SMILES string of the molecule is CC1CCN(C(=O)C(O)c2ccc(F)cc2)CC1. The maximum Gasteiger partial charge on any atom is 0.256 e. The second-order valence-corrected chi connectivity index (χ2v) is 4.96. The van der Waals surface area contributed by atoms with Gasteiger partial charge in [0.25, 0.3) is 5.91 Å². The molecule has 1 N–H and O–H groups in total. The van der Waals surface area contributed by atoms with Crippen LogP contribution in [0.25, 0.3) is 0 Å². The molecule has 18 heavy (non-hydrogen) atoms. The van der Waals surface area contributed by atoms with Crippen molar-refractivity contribution in [2.75, 3.05) is 13.1 Å². The lowest BCUT2D eigenvalue weighted by Gasteiger charge is -2.31. The molecule has 1 aliphatic rings. The third kappa shape index (κ3) is 2.88. The molecule has 3 nitrogen and oxygen atoms in total. The summed E-state index contributed by atoms with van der Waals surface area (Å²) in [5, 5.41) is 9.98. The molecule has 2 rings (SSSR count). The van der Waals surface area contributed by atoms with Crippen molar-refractivity contribution in [2.24, 2.45) is 5.92 Å². The molecular weight excluding hydrogens is 233 g/mol. The van der Waals surface area contributed by atoms with Crippen molar-refractivity contribution in [3.05, 3.63) is 35.6 Å². The van der Waals surface area contributed by atoms with E-state index in [1.165, 1.54) is 24.3 Å². The van der Waals surface area contributed by atoms with E-state index in [9.17, 15) is 14.3 Å². The Morgan fingerprint density at radius 1 is 1.33 bits per heavy atom. The van der Waals surface area contributed by atoms with Crippen molar-refractivity contribution in [1.29, 1.82) is 0 Å². The topological polar surface area (TPSA) is 40.5 Å². The lowest BCUT2D eigenvalue weighted by Crippen LogP contribution is -2.40. The number of amides is 1. The first-order chi connectivity index (χ1) is 8.58. The third-order valence-corrected chi connectivity index (χ3v) is 3.51. The number of piperidine rings is 1. The first kappa shape index (κ1) is 13.0. The fraction of sp³-hybridized carbons (Fsp3) is 0.500. The molecule has 1 aromatic rings. The molecule has 98 valence electrons. The maximum absolute atomic E-state index is 12.8. The van der Waals surface area contributed by atoms with Crippen LogP contribution in [0.2, 0.25) is 0 Å². The lowest BCUT2D eigenvalue weighted by molar-refractivity contribution is -0.141. The van der Waals surface area contributed by atoms with Crippen molar-refractivity contribution in [2.45, 2.75) is 25.9 Å². The Bertz CT molecular complexity index is 410. The van der Waals surface area contributed by atoms with E-state index < -0.39 is 6.10 Å². The monoisotopic (exact) mass is 251 g/mol. The predicted molar refractivity (Wildman–Crippen MR) is 66.3 cm³/mol. The Balaban J connectivity index is 2.02. The molecule has 1 aromatic carbocycles. The first-order valence-corrected chi connectivity index (χ1v) is 6.30. The van der Waals surface area contributed by atoms with Crippen molar-refractivity contribution >= 4 is 5.91 Å². The zero-order valence-electron chi connectivity index (χ0n) is 10.5. The fourth-order valence-electron chi connectivity index (χ4n) is 2.19. The van der Waals surface area contributed by atoms with E-state index in [0.717, 1.165) is 12.8 Å². The summed E-state index contributed by atoms with van der Waals surface area (Å²) >= 11 is 0. The van der Waals surface area contributed by atoms with Crippen LogP contribution < -0.4 is 0 Å². The second-order valence-electron chi connectivity index (χ2n) is 4.96. The Hall–Kier alpha value is -1.42. The van der Waals surface area contributed by atoms with E-state index in [4.69, 9.17) is 0 Å². The van der Waals surface area contributed by atoms with Gasteiger partial charge < -0.3 is 10.0 Å². The molecule has 0 aliphatic carbocycles. The number of halogens is 1. The summed E-state index contributed by atoms with van der Waals surface area (Å²) in [6.07, 6.45) is 0.767. The van der Waals surface area contributed by atoms with Gasteiger partial charge in [-0.15, -0.1) is 0 Å². The highest BCUT2D eigenvalue weighted by atomic mass is 19.1. The van der Waals surface area contributed by atoms with Crippen LogP contribution in [-0.2, 0) is 4.79 Å². The van der Waals surface area contributed by atoms with Gasteiger partial charge in [-0.3, -0.25) is 4.79 Å². The molecule has 1 heterocycles. The van der Waals surface area contributed by atoms with Crippen LogP contribution in [0.15, 0.2) is 24.3 Å². The Morgan fingerprint density at radius 3 is 2.44 bits per heavy atom. The fourth-order valence-corrected chi connectivity index (χ4v) is 2.19. The summed E-state index contributed by atoms with van der Waals surface area (Å²) in [5.74, 6) is -0.0179. The highest BCUT2D eigenvalue weighted by molar-refractivity contribution is 5.82. The largest absolute Gasteiger partial charge is 0.378 e. The van der Waals surface area contributed by atoms with Crippen molar-refractivity contribution < 1.29 is 14.3 Å². The normalized spacial score (nSPS) is 18.7. The molecule has 0 saturated carbocycles. The molecule has 1 amide bonds. The standard InChI is InChI=1S/C14H18FNO2/c1-10-6-8-16(9-7-10)14(18)13(17)11-2-4-12(15)5-3-11/h2-5,10,13,17H,6-9H2,1H3. The van der Waals surface area contributed by atoms with Crippen LogP contribution in [0, 0.1) is 11.7 Å². The molecular formula is C14H18FNO2. The van der Waals surface area contributed by atoms with Gasteiger partial charge in [0.1, 0.15) is 5.82 Å². The summed E-state index contributed by atoms with van der Waals surface area (Å²) in [7, 11) is 0. The minimum Gasteiger partial charge on any atom is -0.378 e.